The fraction of sp³-hybridized carbons (Fsp3) is 0.923. The molecule has 320 valence electrons. The molecule has 3 saturated carbocycles. The first kappa shape index (κ1) is 42.8. The first-order chi connectivity index (χ1) is 26.2. The molecule has 7 N–H and O–H groups in total. The van der Waals surface area contributed by atoms with Crippen molar-refractivity contribution in [3.05, 3.63) is 11.6 Å². The largest absolute Gasteiger partial charge is 0.479 e. The molecule has 0 radical (unpaired) electrons. The minimum atomic E-state index is -4.86. The van der Waals surface area contributed by atoms with Crippen LogP contribution in [0.5, 0.6) is 0 Å². The molecule has 0 aromatic rings. The van der Waals surface area contributed by atoms with Gasteiger partial charge in [0.25, 0.3) is 0 Å². The quantitative estimate of drug-likeness (QED) is 0.0680. The lowest BCUT2D eigenvalue weighted by Gasteiger charge is -2.59. The summed E-state index contributed by atoms with van der Waals surface area (Å²) in [6.07, 6.45) is -9.71. The van der Waals surface area contributed by atoms with E-state index in [0.29, 0.717) is 42.9 Å². The van der Waals surface area contributed by atoms with Crippen LogP contribution in [0.2, 0.25) is 0 Å². The van der Waals surface area contributed by atoms with Crippen LogP contribution in [0.25, 0.3) is 0 Å². The summed E-state index contributed by atoms with van der Waals surface area (Å²) in [5.41, 5.74) is 0.713. The van der Waals surface area contributed by atoms with Crippen molar-refractivity contribution in [2.75, 3.05) is 6.61 Å². The number of hydrogen-bond acceptors (Lipinski definition) is 14. The second-order valence-corrected chi connectivity index (χ2v) is 19.8. The first-order valence-corrected chi connectivity index (χ1v) is 21.8. The fourth-order valence-electron chi connectivity index (χ4n) is 11.9. The summed E-state index contributed by atoms with van der Waals surface area (Å²) < 4.78 is 69.9. The maximum absolute atomic E-state index is 12.4. The van der Waals surface area contributed by atoms with Gasteiger partial charge in [-0.3, -0.25) is 4.55 Å². The lowest BCUT2D eigenvalue weighted by molar-refractivity contribution is -0.359. The van der Waals surface area contributed by atoms with Gasteiger partial charge >= 0.3 is 16.4 Å². The van der Waals surface area contributed by atoms with E-state index in [1.807, 2.05) is 0 Å². The zero-order chi connectivity index (χ0) is 40.8. The van der Waals surface area contributed by atoms with Gasteiger partial charge in [0.05, 0.1) is 31.0 Å². The average molecular weight is 819 g/mol. The van der Waals surface area contributed by atoms with Crippen LogP contribution >= 0.6 is 0 Å². The SMILES string of the molecule is CC(C)[C@H](C)C1OC1C(C)[C@H]1CCC2C3CC(OS(=O)(=O)O)C4C[C@@H](OC5OC(C(=O)O)C(O)C(O)C5OC5OCC(O)C(O)C5O)CC[C@]4(C)C3=CC[C@@]21C. The number of fused-ring (bicyclic) bond motifs is 5. The molecule has 16 nitrogen and oxygen atoms in total. The monoisotopic (exact) mass is 818 g/mol. The Morgan fingerprint density at radius 3 is 2.25 bits per heavy atom. The van der Waals surface area contributed by atoms with Crippen molar-refractivity contribution in [3.63, 3.8) is 0 Å². The van der Waals surface area contributed by atoms with E-state index in [1.165, 1.54) is 5.57 Å². The summed E-state index contributed by atoms with van der Waals surface area (Å²) in [6.45, 7) is 13.1. The topological polar surface area (TPSA) is 251 Å². The predicted octanol–water partition coefficient (Wildman–Crippen LogP) is 1.80. The summed E-state index contributed by atoms with van der Waals surface area (Å²) in [6, 6.07) is 0. The fourth-order valence-corrected chi connectivity index (χ4v) is 12.4. The zero-order valence-electron chi connectivity index (χ0n) is 33.0. The third kappa shape index (κ3) is 7.64. The highest BCUT2D eigenvalue weighted by molar-refractivity contribution is 7.80. The number of aliphatic hydroxyl groups excluding tert-OH is 5. The van der Waals surface area contributed by atoms with Crippen molar-refractivity contribution in [1.82, 2.24) is 0 Å². The molecular weight excluding hydrogens is 756 g/mol. The highest BCUT2D eigenvalue weighted by atomic mass is 32.3. The number of epoxide rings is 1. The van der Waals surface area contributed by atoms with E-state index in [-0.39, 0.29) is 35.9 Å². The van der Waals surface area contributed by atoms with Crippen molar-refractivity contribution in [1.29, 1.82) is 0 Å². The number of aliphatic hydroxyl groups is 5. The van der Waals surface area contributed by atoms with E-state index in [2.05, 4.69) is 47.6 Å². The number of carbonyl (C=O) groups is 1. The highest BCUT2D eigenvalue weighted by Gasteiger charge is 2.63. The van der Waals surface area contributed by atoms with Gasteiger partial charge in [0.1, 0.15) is 36.6 Å². The van der Waals surface area contributed by atoms with Gasteiger partial charge in [-0.15, -0.1) is 0 Å². The van der Waals surface area contributed by atoms with Crippen LogP contribution in [0.1, 0.15) is 86.5 Å². The number of aliphatic carboxylic acids is 1. The summed E-state index contributed by atoms with van der Waals surface area (Å²) in [7, 11) is -4.86. The van der Waals surface area contributed by atoms with Crippen LogP contribution < -0.4 is 0 Å². The molecule has 0 bridgehead atoms. The molecular formula is C39H62O16S. The maximum Gasteiger partial charge on any atom is 0.397 e. The molecule has 0 amide bonds. The third-order valence-corrected chi connectivity index (χ3v) is 15.9. The van der Waals surface area contributed by atoms with Crippen LogP contribution in [-0.2, 0) is 43.1 Å². The highest BCUT2D eigenvalue weighted by Crippen LogP contribution is 2.67. The van der Waals surface area contributed by atoms with Crippen molar-refractivity contribution in [2.45, 2.75) is 166 Å². The number of carboxylic acids is 1. The Bertz CT molecular complexity index is 1590. The molecule has 16 unspecified atom stereocenters. The molecule has 17 heteroatoms. The normalized spacial score (nSPS) is 50.3. The number of carboxylic acid groups (broad SMARTS) is 1. The second-order valence-electron chi connectivity index (χ2n) is 18.7. The average Bonchev–Trinajstić information content (AvgIpc) is 3.84. The van der Waals surface area contributed by atoms with Gasteiger partial charge in [0.15, 0.2) is 18.7 Å². The Labute approximate surface area is 328 Å². The van der Waals surface area contributed by atoms with Gasteiger partial charge in [0, 0.05) is 0 Å². The van der Waals surface area contributed by atoms with Gasteiger partial charge in [0.2, 0.25) is 0 Å². The van der Waals surface area contributed by atoms with E-state index in [4.69, 9.17) is 27.9 Å². The van der Waals surface area contributed by atoms with E-state index >= 15 is 0 Å². The lowest BCUT2D eigenvalue weighted by Crippen LogP contribution is -2.64. The molecule has 21 atom stereocenters. The zero-order valence-corrected chi connectivity index (χ0v) is 33.8. The van der Waals surface area contributed by atoms with Gasteiger partial charge < -0.3 is 54.3 Å². The molecule has 56 heavy (non-hydrogen) atoms. The Morgan fingerprint density at radius 1 is 0.875 bits per heavy atom. The molecule has 3 saturated heterocycles. The molecule has 3 heterocycles. The number of ether oxygens (including phenoxy) is 5. The number of rotatable bonds is 11. The number of hydrogen-bond donors (Lipinski definition) is 7. The van der Waals surface area contributed by atoms with Crippen LogP contribution in [0.15, 0.2) is 11.6 Å². The molecule has 3 aliphatic heterocycles. The summed E-state index contributed by atoms with van der Waals surface area (Å²) in [4.78, 5) is 12.0. The Balaban J connectivity index is 1.12. The number of allylic oxidation sites excluding steroid dienone is 2. The van der Waals surface area contributed by atoms with E-state index < -0.39 is 102 Å². The summed E-state index contributed by atoms with van der Waals surface area (Å²) in [5, 5.41) is 62.2. The van der Waals surface area contributed by atoms with Gasteiger partial charge in [-0.25, -0.2) is 8.98 Å². The summed E-state index contributed by atoms with van der Waals surface area (Å²) in [5.74, 6) is 0.0835. The Hall–Kier alpha value is -1.32. The van der Waals surface area contributed by atoms with Gasteiger partial charge in [-0.1, -0.05) is 53.2 Å². The predicted molar refractivity (Wildman–Crippen MR) is 195 cm³/mol. The molecule has 0 spiro atoms. The van der Waals surface area contributed by atoms with Gasteiger partial charge in [-0.2, -0.15) is 8.42 Å². The van der Waals surface area contributed by atoms with E-state index in [0.717, 1.165) is 19.3 Å². The molecule has 6 fully saturated rings. The molecule has 7 aliphatic rings. The van der Waals surface area contributed by atoms with Crippen LogP contribution in [-0.4, -0.2) is 136 Å². The molecule has 0 aromatic heterocycles. The molecule has 7 rings (SSSR count). The van der Waals surface area contributed by atoms with Crippen molar-refractivity contribution < 1.29 is 76.3 Å². The third-order valence-electron chi connectivity index (χ3n) is 15.4. The van der Waals surface area contributed by atoms with Crippen LogP contribution in [0.4, 0.5) is 0 Å². The molecule has 4 aliphatic carbocycles. The maximum atomic E-state index is 12.4. The second kappa shape index (κ2) is 15.6. The van der Waals surface area contributed by atoms with Crippen LogP contribution in [0.3, 0.4) is 0 Å². The van der Waals surface area contributed by atoms with Crippen LogP contribution in [0, 0.1) is 52.3 Å². The van der Waals surface area contributed by atoms with Crippen molar-refractivity contribution in [2.24, 2.45) is 52.3 Å². The Morgan fingerprint density at radius 2 is 1.59 bits per heavy atom. The van der Waals surface area contributed by atoms with E-state index in [9.17, 15) is 48.4 Å². The minimum absolute atomic E-state index is 0.0273. The first-order valence-electron chi connectivity index (χ1n) is 20.4. The smallest absolute Gasteiger partial charge is 0.397 e. The van der Waals surface area contributed by atoms with Crippen molar-refractivity contribution in [3.8, 4) is 0 Å². The standard InChI is InChI=1S/C39H62O16S/c1-16(2)17(3)31-32(52-31)18(4)21-7-8-22-20-14-26(55-56(47,48)49)24-13-19(9-11-39(24,6)23(20)10-12-38(21,22)5)51-37-34(29(43)28(42)33(53-37)35(45)46)54-36-30(44)27(41)25(40)15-50-36/h10,16-22,24-34,36-37,40-44H,7-9,11-15H2,1-6H3,(H,45,46)(H,47,48,49)/t17-,18?,19-,20?,21+,22?,24?,25?,26?,27?,28?,29?,30?,31?,32?,33?,34?,36?,37?,38+,39+/m0/s1. The van der Waals surface area contributed by atoms with E-state index in [1.54, 1.807) is 0 Å². The molecule has 0 aromatic carbocycles. The minimum Gasteiger partial charge on any atom is -0.479 e. The Kier molecular flexibility index (Phi) is 11.9. The lowest BCUT2D eigenvalue weighted by atomic mass is 9.47. The van der Waals surface area contributed by atoms with Gasteiger partial charge in [-0.05, 0) is 97.2 Å². The van der Waals surface area contributed by atoms with Crippen molar-refractivity contribution >= 4 is 16.4 Å². The summed E-state index contributed by atoms with van der Waals surface area (Å²) >= 11 is 0.